The van der Waals surface area contributed by atoms with Crippen LogP contribution in [0.1, 0.15) is 11.5 Å². The Bertz CT molecular complexity index is 527. The van der Waals surface area contributed by atoms with Gasteiger partial charge in [-0.3, -0.25) is 4.79 Å². The molecule has 1 heterocycles. The largest absolute Gasteiger partial charge is 0.481 e. The number of hydrogen-bond acceptors (Lipinski definition) is 4. The highest BCUT2D eigenvalue weighted by molar-refractivity contribution is 7.91. The van der Waals surface area contributed by atoms with Crippen LogP contribution in [-0.2, 0) is 14.6 Å². The van der Waals surface area contributed by atoms with Crippen molar-refractivity contribution in [3.8, 4) is 0 Å². The van der Waals surface area contributed by atoms with Crippen molar-refractivity contribution < 1.29 is 18.3 Å². The molecule has 0 amide bonds. The van der Waals surface area contributed by atoms with E-state index in [0.717, 1.165) is 5.56 Å². The molecule has 1 aliphatic heterocycles. The average molecular weight is 283 g/mol. The van der Waals surface area contributed by atoms with Gasteiger partial charge in [-0.1, -0.05) is 30.3 Å². The molecule has 104 valence electrons. The zero-order chi connectivity index (χ0) is 13.9. The van der Waals surface area contributed by atoms with Gasteiger partial charge in [0.25, 0.3) is 0 Å². The Balaban J connectivity index is 2.05. The monoisotopic (exact) mass is 283 g/mol. The lowest BCUT2D eigenvalue weighted by Crippen LogP contribution is -2.43. The van der Waals surface area contributed by atoms with Crippen LogP contribution in [0.3, 0.4) is 0 Å². The summed E-state index contributed by atoms with van der Waals surface area (Å²) in [5.74, 6) is -1.25. The Morgan fingerprint density at radius 2 is 1.79 bits per heavy atom. The molecule has 0 saturated carbocycles. The van der Waals surface area contributed by atoms with Crippen molar-refractivity contribution in [3.05, 3.63) is 35.9 Å². The fraction of sp³-hybridized carbons (Fsp3) is 0.462. The summed E-state index contributed by atoms with van der Waals surface area (Å²) in [5.41, 5.74) is 0.753. The van der Waals surface area contributed by atoms with Crippen LogP contribution in [0, 0.1) is 0 Å². The van der Waals surface area contributed by atoms with Crippen molar-refractivity contribution in [2.45, 2.75) is 5.92 Å². The number of carboxylic acid groups (broad SMARTS) is 1. The van der Waals surface area contributed by atoms with Gasteiger partial charge in [0, 0.05) is 19.6 Å². The quantitative estimate of drug-likeness (QED) is 0.875. The van der Waals surface area contributed by atoms with Crippen molar-refractivity contribution >= 4 is 15.8 Å². The highest BCUT2D eigenvalue weighted by Gasteiger charge is 2.27. The number of benzene rings is 1. The highest BCUT2D eigenvalue weighted by Crippen LogP contribution is 2.18. The van der Waals surface area contributed by atoms with E-state index < -0.39 is 21.7 Å². The molecule has 0 spiro atoms. The van der Waals surface area contributed by atoms with Crippen LogP contribution in [0.5, 0.6) is 0 Å². The number of hydrogen-bond donors (Lipinski definition) is 1. The van der Waals surface area contributed by atoms with Gasteiger partial charge in [-0.25, -0.2) is 8.42 Å². The van der Waals surface area contributed by atoms with Crippen LogP contribution in [0.15, 0.2) is 30.3 Å². The zero-order valence-corrected chi connectivity index (χ0v) is 11.3. The van der Waals surface area contributed by atoms with E-state index >= 15 is 0 Å². The van der Waals surface area contributed by atoms with Crippen molar-refractivity contribution in [1.82, 2.24) is 4.90 Å². The predicted octanol–water partition coefficient (Wildman–Crippen LogP) is 0.585. The molecule has 1 saturated heterocycles. The lowest BCUT2D eigenvalue weighted by Gasteiger charge is -2.29. The molecular weight excluding hydrogens is 266 g/mol. The highest BCUT2D eigenvalue weighted by atomic mass is 32.2. The molecule has 1 atom stereocenters. The molecule has 0 bridgehead atoms. The van der Waals surface area contributed by atoms with E-state index in [0.29, 0.717) is 19.6 Å². The lowest BCUT2D eigenvalue weighted by atomic mass is 9.99. The summed E-state index contributed by atoms with van der Waals surface area (Å²) in [7, 11) is -2.93. The summed E-state index contributed by atoms with van der Waals surface area (Å²) < 4.78 is 22.7. The summed E-state index contributed by atoms with van der Waals surface area (Å²) in [6, 6.07) is 9.05. The summed E-state index contributed by atoms with van der Waals surface area (Å²) in [6.45, 7) is 1.19. The zero-order valence-electron chi connectivity index (χ0n) is 10.5. The van der Waals surface area contributed by atoms with Crippen LogP contribution in [0.2, 0.25) is 0 Å². The normalized spacial score (nSPS) is 20.8. The van der Waals surface area contributed by atoms with Crippen molar-refractivity contribution in [3.63, 3.8) is 0 Å². The van der Waals surface area contributed by atoms with Gasteiger partial charge >= 0.3 is 5.97 Å². The molecule has 1 aliphatic rings. The average Bonchev–Trinajstić information content (AvgIpc) is 2.38. The van der Waals surface area contributed by atoms with Crippen molar-refractivity contribution in [1.29, 1.82) is 0 Å². The smallest absolute Gasteiger partial charge is 0.312 e. The molecule has 6 heteroatoms. The van der Waals surface area contributed by atoms with Gasteiger partial charge in [-0.05, 0) is 5.56 Å². The lowest BCUT2D eigenvalue weighted by molar-refractivity contribution is -0.139. The summed E-state index contributed by atoms with van der Waals surface area (Å²) in [4.78, 5) is 13.3. The molecule has 5 nitrogen and oxygen atoms in total. The van der Waals surface area contributed by atoms with Crippen LogP contribution in [0.4, 0.5) is 0 Å². The van der Waals surface area contributed by atoms with Crippen LogP contribution < -0.4 is 0 Å². The second kappa shape index (κ2) is 5.71. The minimum atomic E-state index is -2.93. The number of carboxylic acids is 1. The molecule has 2 rings (SSSR count). The number of rotatable bonds is 4. The van der Waals surface area contributed by atoms with E-state index in [4.69, 9.17) is 0 Å². The fourth-order valence-electron chi connectivity index (χ4n) is 2.20. The third-order valence-corrected chi connectivity index (χ3v) is 4.99. The van der Waals surface area contributed by atoms with Gasteiger partial charge in [-0.15, -0.1) is 0 Å². The first kappa shape index (κ1) is 14.0. The molecule has 1 aromatic carbocycles. The molecule has 1 N–H and O–H groups in total. The third-order valence-electron chi connectivity index (χ3n) is 3.38. The molecule has 19 heavy (non-hydrogen) atoms. The first-order valence-corrected chi connectivity index (χ1v) is 8.00. The maximum Gasteiger partial charge on any atom is 0.312 e. The fourth-order valence-corrected chi connectivity index (χ4v) is 3.48. The molecule has 1 aromatic rings. The molecule has 0 aliphatic carbocycles. The summed E-state index contributed by atoms with van der Waals surface area (Å²) in [5, 5.41) is 9.32. The van der Waals surface area contributed by atoms with Gasteiger partial charge in [0.2, 0.25) is 0 Å². The van der Waals surface area contributed by atoms with Gasteiger partial charge in [0.1, 0.15) is 0 Å². The van der Waals surface area contributed by atoms with Gasteiger partial charge < -0.3 is 10.0 Å². The van der Waals surface area contributed by atoms with Crippen molar-refractivity contribution in [2.75, 3.05) is 31.1 Å². The Morgan fingerprint density at radius 1 is 1.21 bits per heavy atom. The summed E-state index contributed by atoms with van der Waals surface area (Å²) >= 11 is 0. The van der Waals surface area contributed by atoms with Gasteiger partial charge in [0.15, 0.2) is 9.84 Å². The first-order valence-electron chi connectivity index (χ1n) is 6.18. The Hall–Kier alpha value is -1.40. The Labute approximate surface area is 112 Å². The minimum absolute atomic E-state index is 0.119. The molecule has 1 unspecified atom stereocenters. The minimum Gasteiger partial charge on any atom is -0.481 e. The molecule has 1 fully saturated rings. The number of aliphatic carboxylic acids is 1. The second-order valence-corrected chi connectivity index (χ2v) is 7.06. The van der Waals surface area contributed by atoms with E-state index in [1.807, 2.05) is 23.1 Å². The van der Waals surface area contributed by atoms with E-state index in [2.05, 4.69) is 0 Å². The van der Waals surface area contributed by atoms with Crippen LogP contribution in [-0.4, -0.2) is 55.5 Å². The van der Waals surface area contributed by atoms with E-state index in [1.54, 1.807) is 12.1 Å². The summed E-state index contributed by atoms with van der Waals surface area (Å²) in [6.07, 6.45) is 0. The van der Waals surface area contributed by atoms with E-state index in [1.165, 1.54) is 0 Å². The van der Waals surface area contributed by atoms with Gasteiger partial charge in [-0.2, -0.15) is 0 Å². The topological polar surface area (TPSA) is 74.7 Å². The number of carbonyl (C=O) groups is 1. The van der Waals surface area contributed by atoms with Crippen LogP contribution in [0.25, 0.3) is 0 Å². The molecule has 0 aromatic heterocycles. The number of nitrogens with zero attached hydrogens (tertiary/aromatic N) is 1. The van der Waals surface area contributed by atoms with Crippen molar-refractivity contribution in [2.24, 2.45) is 0 Å². The Kier molecular flexibility index (Phi) is 4.21. The predicted molar refractivity (Wildman–Crippen MR) is 71.9 cm³/mol. The maximum atomic E-state index is 11.4. The van der Waals surface area contributed by atoms with E-state index in [-0.39, 0.29) is 11.5 Å². The second-order valence-electron chi connectivity index (χ2n) is 4.75. The first-order chi connectivity index (χ1) is 8.98. The Morgan fingerprint density at radius 3 is 2.32 bits per heavy atom. The van der Waals surface area contributed by atoms with Gasteiger partial charge in [0.05, 0.1) is 17.4 Å². The van der Waals surface area contributed by atoms with Crippen LogP contribution >= 0.6 is 0 Å². The number of sulfone groups is 1. The third kappa shape index (κ3) is 3.78. The standard InChI is InChI=1S/C13H17NO4S/c15-13(16)12(11-4-2-1-3-5-11)10-14-6-8-19(17,18)9-7-14/h1-5,12H,6-10H2,(H,15,16). The maximum absolute atomic E-state index is 11.4. The van der Waals surface area contributed by atoms with E-state index in [9.17, 15) is 18.3 Å². The molecule has 0 radical (unpaired) electrons. The molecular formula is C13H17NO4S. The SMILES string of the molecule is O=C(O)C(CN1CCS(=O)(=O)CC1)c1ccccc1.